The minimum atomic E-state index is -0.458. The first kappa shape index (κ1) is 21.2. The summed E-state index contributed by atoms with van der Waals surface area (Å²) in [6, 6.07) is 13.0. The number of carbonyl (C=O) groups excluding carboxylic acids is 2. The number of nitrogens with zero attached hydrogens (tertiary/aromatic N) is 2. The van der Waals surface area contributed by atoms with E-state index in [-0.39, 0.29) is 30.5 Å². The van der Waals surface area contributed by atoms with Crippen LogP contribution in [0.3, 0.4) is 0 Å². The van der Waals surface area contributed by atoms with Crippen LogP contribution in [0.15, 0.2) is 48.5 Å². The Labute approximate surface area is 167 Å². The van der Waals surface area contributed by atoms with Gasteiger partial charge in [0.1, 0.15) is 5.69 Å². The van der Waals surface area contributed by atoms with Crippen molar-refractivity contribution in [2.45, 2.75) is 12.8 Å². The molecular weight excluding hydrogens is 384 g/mol. The summed E-state index contributed by atoms with van der Waals surface area (Å²) in [7, 11) is 1.55. The predicted octanol–water partition coefficient (Wildman–Crippen LogP) is 3.54. The van der Waals surface area contributed by atoms with Gasteiger partial charge in [-0.05, 0) is 36.8 Å². The van der Waals surface area contributed by atoms with Crippen molar-refractivity contribution in [3.63, 3.8) is 0 Å². The predicted molar refractivity (Wildman–Crippen MR) is 109 cm³/mol. The molecule has 0 fully saturated rings. The number of amides is 2. The van der Waals surface area contributed by atoms with Crippen molar-refractivity contribution in [1.29, 1.82) is 0 Å². The summed E-state index contributed by atoms with van der Waals surface area (Å²) in [6.45, 7) is 0.334. The zero-order valence-corrected chi connectivity index (χ0v) is 16.1. The van der Waals surface area contributed by atoms with E-state index < -0.39 is 4.92 Å². The summed E-state index contributed by atoms with van der Waals surface area (Å²) < 4.78 is 0. The molecule has 0 spiro atoms. The highest BCUT2D eigenvalue weighted by atomic mass is 35.5. The molecule has 0 saturated heterocycles. The van der Waals surface area contributed by atoms with Crippen LogP contribution in [-0.2, 0) is 9.59 Å². The molecule has 0 heterocycles. The number of hydrogen-bond donors (Lipinski definition) is 2. The summed E-state index contributed by atoms with van der Waals surface area (Å²) in [4.78, 5) is 36.0. The normalized spacial score (nSPS) is 10.2. The molecule has 0 aromatic heterocycles. The molecule has 2 amide bonds. The fourth-order valence-electron chi connectivity index (χ4n) is 2.47. The highest BCUT2D eigenvalue weighted by Crippen LogP contribution is 2.23. The zero-order chi connectivity index (χ0) is 20.5. The fraction of sp³-hybridized carbons (Fsp3) is 0.263. The summed E-state index contributed by atoms with van der Waals surface area (Å²) >= 11 is 5.79. The van der Waals surface area contributed by atoms with Crippen LogP contribution in [-0.4, -0.2) is 41.8 Å². The molecule has 2 N–H and O–H groups in total. The first-order valence-corrected chi connectivity index (χ1v) is 9.01. The maximum atomic E-state index is 12.2. The number of carbonyl (C=O) groups is 2. The van der Waals surface area contributed by atoms with Gasteiger partial charge in [0.25, 0.3) is 5.69 Å². The van der Waals surface area contributed by atoms with E-state index in [1.165, 1.54) is 11.0 Å². The third-order valence-corrected chi connectivity index (χ3v) is 4.17. The topological polar surface area (TPSA) is 105 Å². The van der Waals surface area contributed by atoms with Gasteiger partial charge in [0, 0.05) is 36.8 Å². The van der Waals surface area contributed by atoms with Gasteiger partial charge in [-0.15, -0.1) is 0 Å². The minimum Gasteiger partial charge on any atom is -0.379 e. The number of rotatable bonds is 9. The summed E-state index contributed by atoms with van der Waals surface area (Å²) in [5, 5.41) is 17.2. The first-order valence-electron chi connectivity index (χ1n) is 8.63. The van der Waals surface area contributed by atoms with Crippen LogP contribution in [0.4, 0.5) is 17.1 Å². The first-order chi connectivity index (χ1) is 13.4. The number of nitrogens with one attached hydrogen (secondary N) is 2. The van der Waals surface area contributed by atoms with Gasteiger partial charge >= 0.3 is 0 Å². The average molecular weight is 405 g/mol. The van der Waals surface area contributed by atoms with E-state index in [0.717, 1.165) is 0 Å². The molecule has 8 nitrogen and oxygen atoms in total. The van der Waals surface area contributed by atoms with E-state index in [0.29, 0.717) is 29.4 Å². The van der Waals surface area contributed by atoms with E-state index >= 15 is 0 Å². The maximum Gasteiger partial charge on any atom is 0.292 e. The van der Waals surface area contributed by atoms with Gasteiger partial charge in [0.05, 0.1) is 11.5 Å². The number of likely N-dealkylation sites (N-methyl/N-ethyl adjacent to an activating group) is 1. The molecule has 0 aliphatic carbocycles. The van der Waals surface area contributed by atoms with Crippen molar-refractivity contribution in [1.82, 2.24) is 4.90 Å². The van der Waals surface area contributed by atoms with E-state index in [1.54, 1.807) is 49.5 Å². The Morgan fingerprint density at radius 2 is 1.82 bits per heavy atom. The van der Waals surface area contributed by atoms with E-state index in [2.05, 4.69) is 10.6 Å². The van der Waals surface area contributed by atoms with Crippen LogP contribution >= 0.6 is 11.6 Å². The van der Waals surface area contributed by atoms with Crippen molar-refractivity contribution >= 4 is 40.5 Å². The molecular formula is C19H21ClN4O4. The van der Waals surface area contributed by atoms with Crippen molar-refractivity contribution < 1.29 is 14.5 Å². The van der Waals surface area contributed by atoms with Crippen LogP contribution in [0.2, 0.25) is 5.02 Å². The highest BCUT2D eigenvalue weighted by Gasteiger charge is 2.14. The van der Waals surface area contributed by atoms with Crippen LogP contribution in [0.1, 0.15) is 12.8 Å². The molecule has 0 aliphatic rings. The molecule has 0 atom stereocenters. The van der Waals surface area contributed by atoms with E-state index in [9.17, 15) is 19.7 Å². The van der Waals surface area contributed by atoms with Gasteiger partial charge in [-0.25, -0.2) is 0 Å². The van der Waals surface area contributed by atoms with Gasteiger partial charge in [0.15, 0.2) is 0 Å². The van der Waals surface area contributed by atoms with Crippen LogP contribution in [0.25, 0.3) is 0 Å². The molecule has 2 aromatic carbocycles. The molecule has 2 aromatic rings. The lowest BCUT2D eigenvalue weighted by atomic mass is 10.2. The number of nitro groups is 1. The van der Waals surface area contributed by atoms with E-state index in [1.807, 2.05) is 0 Å². The Balaban J connectivity index is 1.73. The number of para-hydroxylation sites is 2. The Bertz CT molecular complexity index is 842. The molecule has 0 aliphatic heterocycles. The number of nitro benzene ring substituents is 1. The SMILES string of the molecule is CN(CC(=O)Nc1ccc(Cl)cc1)C(=O)CCCNc1ccccc1[N+](=O)[O-]. The molecule has 0 radical (unpaired) electrons. The second-order valence-electron chi connectivity index (χ2n) is 6.11. The number of anilines is 2. The lowest BCUT2D eigenvalue weighted by molar-refractivity contribution is -0.384. The Morgan fingerprint density at radius 3 is 2.50 bits per heavy atom. The molecule has 2 rings (SSSR count). The molecule has 9 heteroatoms. The zero-order valence-electron chi connectivity index (χ0n) is 15.4. The van der Waals surface area contributed by atoms with Crippen molar-refractivity contribution in [3.8, 4) is 0 Å². The quantitative estimate of drug-likeness (QED) is 0.378. The monoisotopic (exact) mass is 404 g/mol. The van der Waals surface area contributed by atoms with Crippen LogP contribution in [0.5, 0.6) is 0 Å². The maximum absolute atomic E-state index is 12.2. The van der Waals surface area contributed by atoms with Gasteiger partial charge in [-0.2, -0.15) is 0 Å². The van der Waals surface area contributed by atoms with Crippen molar-refractivity contribution in [3.05, 3.63) is 63.7 Å². The number of halogens is 1. The van der Waals surface area contributed by atoms with Gasteiger partial charge < -0.3 is 15.5 Å². The Morgan fingerprint density at radius 1 is 1.14 bits per heavy atom. The van der Waals surface area contributed by atoms with E-state index in [4.69, 9.17) is 11.6 Å². The van der Waals surface area contributed by atoms with Crippen molar-refractivity contribution in [2.24, 2.45) is 0 Å². The molecule has 0 saturated carbocycles. The lowest BCUT2D eigenvalue weighted by Crippen LogP contribution is -2.35. The molecule has 28 heavy (non-hydrogen) atoms. The summed E-state index contributed by atoms with van der Waals surface area (Å²) in [6.07, 6.45) is 0.701. The summed E-state index contributed by atoms with van der Waals surface area (Å²) in [5.74, 6) is -0.494. The van der Waals surface area contributed by atoms with Gasteiger partial charge in [-0.3, -0.25) is 19.7 Å². The van der Waals surface area contributed by atoms with Crippen molar-refractivity contribution in [2.75, 3.05) is 30.8 Å². The Hall–Kier alpha value is -3.13. The second kappa shape index (κ2) is 10.3. The number of benzene rings is 2. The van der Waals surface area contributed by atoms with Crippen LogP contribution < -0.4 is 10.6 Å². The van der Waals surface area contributed by atoms with Crippen LogP contribution in [0, 0.1) is 10.1 Å². The third kappa shape index (κ3) is 6.55. The largest absolute Gasteiger partial charge is 0.379 e. The molecule has 0 unspecified atom stereocenters. The summed E-state index contributed by atoms with van der Waals surface area (Å²) in [5.41, 5.74) is 1.00. The van der Waals surface area contributed by atoms with Gasteiger partial charge in [-0.1, -0.05) is 23.7 Å². The lowest BCUT2D eigenvalue weighted by Gasteiger charge is -2.17. The molecule has 0 bridgehead atoms. The number of hydrogen-bond acceptors (Lipinski definition) is 5. The smallest absolute Gasteiger partial charge is 0.292 e. The minimum absolute atomic E-state index is 0.00943. The average Bonchev–Trinajstić information content (AvgIpc) is 2.67. The second-order valence-corrected chi connectivity index (χ2v) is 6.55. The third-order valence-electron chi connectivity index (χ3n) is 3.92. The standard InChI is InChI=1S/C19H21ClN4O4/c1-23(13-18(25)22-15-10-8-14(20)9-11-15)19(26)7-4-12-21-16-5-2-3-6-17(16)24(27)28/h2-3,5-6,8-11,21H,4,7,12-13H2,1H3,(H,22,25). The fourth-order valence-corrected chi connectivity index (χ4v) is 2.60. The molecule has 148 valence electrons. The van der Waals surface area contributed by atoms with Gasteiger partial charge in [0.2, 0.25) is 11.8 Å². The Kier molecular flexibility index (Phi) is 7.76. The highest BCUT2D eigenvalue weighted by molar-refractivity contribution is 6.30.